The fourth-order valence-electron chi connectivity index (χ4n) is 1.81. The van der Waals surface area contributed by atoms with Gasteiger partial charge in [-0.2, -0.15) is 11.8 Å². The average Bonchev–Trinajstić information content (AvgIpc) is 2.91. The van der Waals surface area contributed by atoms with Crippen LogP contribution in [0, 0.1) is 5.92 Å². The molecule has 1 unspecified atom stereocenters. The van der Waals surface area contributed by atoms with Crippen LogP contribution in [0.1, 0.15) is 6.42 Å². The molecular weight excluding hydrogens is 266 g/mol. The Hall–Kier alpha value is -1.69. The molecule has 6 heteroatoms. The molecule has 0 saturated carbocycles. The molecule has 0 radical (unpaired) electrons. The molecule has 1 heterocycles. The van der Waals surface area contributed by atoms with E-state index in [0.29, 0.717) is 11.4 Å². The zero-order valence-electron chi connectivity index (χ0n) is 10.3. The zero-order valence-corrected chi connectivity index (χ0v) is 11.1. The van der Waals surface area contributed by atoms with Crippen molar-refractivity contribution >= 4 is 29.3 Å². The highest BCUT2D eigenvalue weighted by Crippen LogP contribution is 2.28. The number of para-hydroxylation sites is 2. The van der Waals surface area contributed by atoms with Gasteiger partial charge in [-0.1, -0.05) is 12.1 Å². The number of carbonyl (C=O) groups excluding carboxylic acids is 1. The number of carbonyl (C=O) groups is 2. The Morgan fingerprint density at radius 3 is 2.89 bits per heavy atom. The third-order valence-electron chi connectivity index (χ3n) is 2.80. The molecule has 1 aromatic rings. The Morgan fingerprint density at radius 1 is 1.42 bits per heavy atom. The average molecular weight is 281 g/mol. The third-order valence-corrected chi connectivity index (χ3v) is 3.96. The number of aliphatic carboxylic acids is 1. The van der Waals surface area contributed by atoms with Gasteiger partial charge >= 0.3 is 5.97 Å². The van der Waals surface area contributed by atoms with Crippen LogP contribution in [0.15, 0.2) is 24.3 Å². The molecule has 1 amide bonds. The highest BCUT2D eigenvalue weighted by molar-refractivity contribution is 7.99. The molecule has 102 valence electrons. The number of hydrogen-bond acceptors (Lipinski definition) is 4. The van der Waals surface area contributed by atoms with Gasteiger partial charge in [-0.15, -0.1) is 0 Å². The fourth-order valence-corrected chi connectivity index (χ4v) is 3.03. The van der Waals surface area contributed by atoms with Crippen molar-refractivity contribution in [2.75, 3.05) is 23.4 Å². The number of rotatable bonds is 5. The maximum Gasteiger partial charge on any atom is 0.341 e. The second kappa shape index (κ2) is 6.47. The maximum absolute atomic E-state index is 12.0. The van der Waals surface area contributed by atoms with Crippen molar-refractivity contribution in [3.63, 3.8) is 0 Å². The van der Waals surface area contributed by atoms with Crippen LogP contribution in [-0.4, -0.2) is 35.1 Å². The topological polar surface area (TPSA) is 75.6 Å². The summed E-state index contributed by atoms with van der Waals surface area (Å²) in [5.41, 5.74) is 0.519. The van der Waals surface area contributed by atoms with E-state index in [4.69, 9.17) is 9.84 Å². The Labute approximate surface area is 115 Å². The first-order chi connectivity index (χ1) is 9.16. The number of amides is 1. The summed E-state index contributed by atoms with van der Waals surface area (Å²) in [7, 11) is 0. The summed E-state index contributed by atoms with van der Waals surface area (Å²) in [5, 5.41) is 11.4. The van der Waals surface area contributed by atoms with Gasteiger partial charge in [0.05, 0.1) is 5.69 Å². The first-order valence-corrected chi connectivity index (χ1v) is 7.14. The second-order valence-electron chi connectivity index (χ2n) is 4.23. The molecule has 2 rings (SSSR count). The van der Waals surface area contributed by atoms with E-state index in [1.165, 1.54) is 0 Å². The van der Waals surface area contributed by atoms with Crippen LogP contribution in [0.25, 0.3) is 0 Å². The summed E-state index contributed by atoms with van der Waals surface area (Å²) in [6, 6.07) is 6.85. The molecule has 5 nitrogen and oxygen atoms in total. The summed E-state index contributed by atoms with van der Waals surface area (Å²) in [4.78, 5) is 22.5. The van der Waals surface area contributed by atoms with E-state index in [1.807, 2.05) is 0 Å². The van der Waals surface area contributed by atoms with Gasteiger partial charge in [0.25, 0.3) is 0 Å². The lowest BCUT2D eigenvalue weighted by Crippen LogP contribution is -2.23. The van der Waals surface area contributed by atoms with Gasteiger partial charge < -0.3 is 15.2 Å². The van der Waals surface area contributed by atoms with Crippen molar-refractivity contribution in [2.24, 2.45) is 5.92 Å². The zero-order chi connectivity index (χ0) is 13.7. The van der Waals surface area contributed by atoms with E-state index >= 15 is 0 Å². The standard InChI is InChI=1S/C13H15NO4S/c15-12(16)7-18-11-4-2-1-3-10(11)14-13(17)9-5-6-19-8-9/h1-4,9H,5-8H2,(H,14,17)(H,15,16). The summed E-state index contributed by atoms with van der Waals surface area (Å²) >= 11 is 1.77. The third kappa shape index (κ3) is 3.89. The highest BCUT2D eigenvalue weighted by atomic mass is 32.2. The number of ether oxygens (including phenoxy) is 1. The van der Waals surface area contributed by atoms with Crippen LogP contribution < -0.4 is 10.1 Å². The lowest BCUT2D eigenvalue weighted by atomic mass is 10.1. The Balaban J connectivity index is 2.02. The summed E-state index contributed by atoms with van der Waals surface area (Å²) in [5.74, 6) is 1.17. The highest BCUT2D eigenvalue weighted by Gasteiger charge is 2.23. The second-order valence-corrected chi connectivity index (χ2v) is 5.38. The van der Waals surface area contributed by atoms with Crippen LogP contribution in [0.3, 0.4) is 0 Å². The lowest BCUT2D eigenvalue weighted by molar-refractivity contribution is -0.139. The van der Waals surface area contributed by atoms with Crippen LogP contribution >= 0.6 is 11.8 Å². The predicted molar refractivity (Wildman–Crippen MR) is 73.6 cm³/mol. The molecule has 1 fully saturated rings. The van der Waals surface area contributed by atoms with Crippen molar-refractivity contribution < 1.29 is 19.4 Å². The molecule has 0 spiro atoms. The Bertz CT molecular complexity index is 471. The fraction of sp³-hybridized carbons (Fsp3) is 0.385. The van der Waals surface area contributed by atoms with E-state index < -0.39 is 12.6 Å². The minimum atomic E-state index is -1.05. The van der Waals surface area contributed by atoms with Crippen LogP contribution in [0.4, 0.5) is 5.69 Å². The van der Waals surface area contributed by atoms with Gasteiger partial charge in [0.2, 0.25) is 5.91 Å². The predicted octanol–water partition coefficient (Wildman–Crippen LogP) is 1.84. The van der Waals surface area contributed by atoms with Gasteiger partial charge in [0.1, 0.15) is 5.75 Å². The number of carboxylic acid groups (broad SMARTS) is 1. The molecule has 1 saturated heterocycles. The van der Waals surface area contributed by atoms with Crippen LogP contribution in [0.5, 0.6) is 5.75 Å². The first-order valence-electron chi connectivity index (χ1n) is 5.99. The summed E-state index contributed by atoms with van der Waals surface area (Å²) < 4.78 is 5.14. The molecular formula is C13H15NO4S. The van der Waals surface area contributed by atoms with Crippen molar-refractivity contribution in [3.8, 4) is 5.75 Å². The van der Waals surface area contributed by atoms with Crippen molar-refractivity contribution in [3.05, 3.63) is 24.3 Å². The molecule has 2 N–H and O–H groups in total. The largest absolute Gasteiger partial charge is 0.480 e. The first kappa shape index (κ1) is 13.7. The monoisotopic (exact) mass is 281 g/mol. The van der Waals surface area contributed by atoms with Crippen LogP contribution in [-0.2, 0) is 9.59 Å². The van der Waals surface area contributed by atoms with Crippen molar-refractivity contribution in [1.82, 2.24) is 0 Å². The summed E-state index contributed by atoms with van der Waals surface area (Å²) in [6.45, 7) is -0.424. The van der Waals surface area contributed by atoms with E-state index in [-0.39, 0.29) is 11.8 Å². The van der Waals surface area contributed by atoms with E-state index in [0.717, 1.165) is 17.9 Å². The number of benzene rings is 1. The number of thioether (sulfide) groups is 1. The van der Waals surface area contributed by atoms with Gasteiger partial charge in [0.15, 0.2) is 6.61 Å². The molecule has 19 heavy (non-hydrogen) atoms. The Kier molecular flexibility index (Phi) is 4.68. The molecule has 1 aliphatic rings. The molecule has 1 aromatic carbocycles. The molecule has 0 aromatic heterocycles. The summed E-state index contributed by atoms with van der Waals surface area (Å²) in [6.07, 6.45) is 0.884. The smallest absolute Gasteiger partial charge is 0.341 e. The van der Waals surface area contributed by atoms with E-state index in [9.17, 15) is 9.59 Å². The molecule has 0 aliphatic carbocycles. The van der Waals surface area contributed by atoms with Gasteiger partial charge in [-0.3, -0.25) is 4.79 Å². The van der Waals surface area contributed by atoms with Gasteiger partial charge in [-0.25, -0.2) is 4.79 Å². The molecule has 1 aliphatic heterocycles. The van der Waals surface area contributed by atoms with Crippen molar-refractivity contribution in [2.45, 2.75) is 6.42 Å². The number of carboxylic acids is 1. The lowest BCUT2D eigenvalue weighted by Gasteiger charge is -2.13. The minimum absolute atomic E-state index is 0.0255. The normalized spacial score (nSPS) is 18.0. The van der Waals surface area contributed by atoms with E-state index in [1.54, 1.807) is 36.0 Å². The Morgan fingerprint density at radius 2 is 2.21 bits per heavy atom. The van der Waals surface area contributed by atoms with Gasteiger partial charge in [0, 0.05) is 11.7 Å². The quantitative estimate of drug-likeness (QED) is 0.861. The number of anilines is 1. The maximum atomic E-state index is 12.0. The van der Waals surface area contributed by atoms with Gasteiger partial charge in [-0.05, 0) is 24.3 Å². The SMILES string of the molecule is O=C(O)COc1ccccc1NC(=O)C1CCSC1. The molecule has 0 bridgehead atoms. The minimum Gasteiger partial charge on any atom is -0.480 e. The number of nitrogens with one attached hydrogen (secondary N) is 1. The van der Waals surface area contributed by atoms with E-state index in [2.05, 4.69) is 5.32 Å². The van der Waals surface area contributed by atoms with Crippen molar-refractivity contribution in [1.29, 1.82) is 0 Å². The number of hydrogen-bond donors (Lipinski definition) is 2. The molecule has 1 atom stereocenters. The van der Waals surface area contributed by atoms with Crippen LogP contribution in [0.2, 0.25) is 0 Å².